The van der Waals surface area contributed by atoms with Gasteiger partial charge in [0.05, 0.1) is 7.11 Å². The smallest absolute Gasteiger partial charge is 0.328 e. The van der Waals surface area contributed by atoms with Gasteiger partial charge in [-0.25, -0.2) is 4.79 Å². The van der Waals surface area contributed by atoms with Crippen LogP contribution in [-0.4, -0.2) is 30.7 Å². The van der Waals surface area contributed by atoms with E-state index in [-0.39, 0.29) is 6.61 Å². The highest BCUT2D eigenvalue weighted by atomic mass is 16.5. The highest BCUT2D eigenvalue weighted by Crippen LogP contribution is 2.27. The molecule has 0 spiro atoms. The number of carbonyl (C=O) groups is 2. The molecular weight excluding hydrogens is 238 g/mol. The molecule has 0 heterocycles. The van der Waals surface area contributed by atoms with Gasteiger partial charge in [0, 0.05) is 11.6 Å². The van der Waals surface area contributed by atoms with Crippen molar-refractivity contribution < 1.29 is 24.2 Å². The third-order valence-corrected chi connectivity index (χ3v) is 2.04. The summed E-state index contributed by atoms with van der Waals surface area (Å²) in [6.45, 7) is 0.0819. The molecule has 1 rings (SSSR count). The fraction of sp³-hybridized carbons (Fsp3) is 0.167. The van der Waals surface area contributed by atoms with E-state index < -0.39 is 11.9 Å². The predicted octanol–water partition coefficient (Wildman–Crippen LogP) is 0.814. The molecule has 0 bridgehead atoms. The molecular formula is C12H13NO5. The van der Waals surface area contributed by atoms with Crippen LogP contribution in [0.5, 0.6) is 11.5 Å². The van der Waals surface area contributed by atoms with Crippen molar-refractivity contribution in [3.63, 3.8) is 0 Å². The number of primary amides is 1. The highest BCUT2D eigenvalue weighted by molar-refractivity contribution is 5.93. The van der Waals surface area contributed by atoms with E-state index in [9.17, 15) is 9.59 Å². The lowest BCUT2D eigenvalue weighted by atomic mass is 10.2. The molecule has 0 atom stereocenters. The zero-order chi connectivity index (χ0) is 13.5. The SMILES string of the molecule is COc1cc(C(N)=O)ccc1OCC=CC(=O)O. The summed E-state index contributed by atoms with van der Waals surface area (Å²) in [6, 6.07) is 4.49. The Hall–Kier alpha value is -2.50. The van der Waals surface area contributed by atoms with Crippen molar-refractivity contribution in [3.8, 4) is 11.5 Å². The van der Waals surface area contributed by atoms with Crippen molar-refractivity contribution in [2.45, 2.75) is 0 Å². The average molecular weight is 251 g/mol. The van der Waals surface area contributed by atoms with Crippen LogP contribution in [0, 0.1) is 0 Å². The molecule has 0 radical (unpaired) electrons. The minimum atomic E-state index is -1.05. The molecule has 0 fully saturated rings. The summed E-state index contributed by atoms with van der Waals surface area (Å²) in [5, 5.41) is 8.39. The molecule has 96 valence electrons. The summed E-state index contributed by atoms with van der Waals surface area (Å²) < 4.78 is 10.3. The summed E-state index contributed by atoms with van der Waals surface area (Å²) in [4.78, 5) is 21.2. The lowest BCUT2D eigenvalue weighted by molar-refractivity contribution is -0.131. The molecule has 6 nitrogen and oxygen atoms in total. The van der Waals surface area contributed by atoms with Crippen LogP contribution in [0.25, 0.3) is 0 Å². The topological polar surface area (TPSA) is 98.9 Å². The summed E-state index contributed by atoms with van der Waals surface area (Å²) in [5.74, 6) is -0.854. The van der Waals surface area contributed by atoms with Crippen molar-refractivity contribution >= 4 is 11.9 Å². The van der Waals surface area contributed by atoms with Gasteiger partial charge >= 0.3 is 5.97 Å². The van der Waals surface area contributed by atoms with E-state index in [2.05, 4.69) is 0 Å². The Kier molecular flexibility index (Phi) is 4.74. The number of nitrogens with two attached hydrogens (primary N) is 1. The van der Waals surface area contributed by atoms with E-state index >= 15 is 0 Å². The number of amides is 1. The van der Waals surface area contributed by atoms with Crippen molar-refractivity contribution in [3.05, 3.63) is 35.9 Å². The molecule has 0 aliphatic rings. The molecule has 0 aromatic heterocycles. The van der Waals surface area contributed by atoms with Crippen LogP contribution in [0.3, 0.4) is 0 Å². The Morgan fingerprint density at radius 2 is 2.11 bits per heavy atom. The van der Waals surface area contributed by atoms with Gasteiger partial charge in [0.2, 0.25) is 5.91 Å². The minimum Gasteiger partial charge on any atom is -0.493 e. The number of carbonyl (C=O) groups excluding carboxylic acids is 1. The van der Waals surface area contributed by atoms with E-state index in [1.165, 1.54) is 31.4 Å². The number of rotatable bonds is 6. The molecule has 0 saturated carbocycles. The lowest BCUT2D eigenvalue weighted by Crippen LogP contribution is -2.11. The van der Waals surface area contributed by atoms with Gasteiger partial charge in [-0.3, -0.25) is 4.79 Å². The molecule has 1 aromatic carbocycles. The number of aliphatic carboxylic acids is 1. The Balaban J connectivity index is 2.77. The number of hydrogen-bond acceptors (Lipinski definition) is 4. The summed E-state index contributed by atoms with van der Waals surface area (Å²) in [6.07, 6.45) is 2.33. The van der Waals surface area contributed by atoms with Crippen LogP contribution in [-0.2, 0) is 4.79 Å². The van der Waals surface area contributed by atoms with Gasteiger partial charge in [0.25, 0.3) is 0 Å². The summed E-state index contributed by atoms with van der Waals surface area (Å²) in [5.41, 5.74) is 5.44. The van der Waals surface area contributed by atoms with E-state index in [0.29, 0.717) is 17.1 Å². The number of benzene rings is 1. The second-order valence-corrected chi connectivity index (χ2v) is 3.28. The monoisotopic (exact) mass is 251 g/mol. The van der Waals surface area contributed by atoms with Gasteiger partial charge in [0.1, 0.15) is 6.61 Å². The number of carboxylic acid groups (broad SMARTS) is 1. The molecule has 1 amide bonds. The first-order valence-corrected chi connectivity index (χ1v) is 5.04. The normalized spacial score (nSPS) is 10.3. The van der Waals surface area contributed by atoms with Crippen molar-refractivity contribution in [2.75, 3.05) is 13.7 Å². The molecule has 0 aliphatic heterocycles. The Bertz CT molecular complexity index is 481. The Labute approximate surface area is 104 Å². The van der Waals surface area contributed by atoms with Crippen LogP contribution < -0.4 is 15.2 Å². The third kappa shape index (κ3) is 3.82. The van der Waals surface area contributed by atoms with Gasteiger partial charge in [-0.15, -0.1) is 0 Å². The maximum absolute atomic E-state index is 11.0. The second-order valence-electron chi connectivity index (χ2n) is 3.28. The van der Waals surface area contributed by atoms with Crippen molar-refractivity contribution in [1.82, 2.24) is 0 Å². The number of hydrogen-bond donors (Lipinski definition) is 2. The molecule has 0 unspecified atom stereocenters. The van der Waals surface area contributed by atoms with Crippen LogP contribution >= 0.6 is 0 Å². The van der Waals surface area contributed by atoms with Gasteiger partial charge in [0.15, 0.2) is 11.5 Å². The molecule has 1 aromatic rings. The Morgan fingerprint density at radius 1 is 1.39 bits per heavy atom. The van der Waals surface area contributed by atoms with Crippen LogP contribution in [0.2, 0.25) is 0 Å². The van der Waals surface area contributed by atoms with Gasteiger partial charge in [-0.05, 0) is 24.3 Å². The molecule has 0 aliphatic carbocycles. The average Bonchev–Trinajstić information content (AvgIpc) is 2.34. The number of carboxylic acids is 1. The fourth-order valence-corrected chi connectivity index (χ4v) is 1.23. The largest absolute Gasteiger partial charge is 0.493 e. The predicted molar refractivity (Wildman–Crippen MR) is 63.8 cm³/mol. The third-order valence-electron chi connectivity index (χ3n) is 2.04. The first-order valence-electron chi connectivity index (χ1n) is 5.04. The highest BCUT2D eigenvalue weighted by Gasteiger charge is 2.08. The number of methoxy groups -OCH3 is 1. The first kappa shape index (κ1) is 13.6. The Morgan fingerprint density at radius 3 is 2.67 bits per heavy atom. The van der Waals surface area contributed by atoms with Gasteiger partial charge < -0.3 is 20.3 Å². The lowest BCUT2D eigenvalue weighted by Gasteiger charge is -2.09. The maximum Gasteiger partial charge on any atom is 0.328 e. The van der Waals surface area contributed by atoms with Gasteiger partial charge in [-0.1, -0.05) is 0 Å². The van der Waals surface area contributed by atoms with E-state index in [1.807, 2.05) is 0 Å². The summed E-state index contributed by atoms with van der Waals surface area (Å²) in [7, 11) is 1.43. The molecule has 0 saturated heterocycles. The maximum atomic E-state index is 11.0. The van der Waals surface area contributed by atoms with Gasteiger partial charge in [-0.2, -0.15) is 0 Å². The number of ether oxygens (including phenoxy) is 2. The zero-order valence-corrected chi connectivity index (χ0v) is 9.75. The zero-order valence-electron chi connectivity index (χ0n) is 9.75. The van der Waals surface area contributed by atoms with Crippen molar-refractivity contribution in [2.24, 2.45) is 5.73 Å². The minimum absolute atomic E-state index is 0.0819. The molecule has 3 N–H and O–H groups in total. The van der Waals surface area contributed by atoms with Crippen LogP contribution in [0.4, 0.5) is 0 Å². The van der Waals surface area contributed by atoms with E-state index in [0.717, 1.165) is 6.08 Å². The molecule has 18 heavy (non-hydrogen) atoms. The van der Waals surface area contributed by atoms with E-state index in [1.54, 1.807) is 0 Å². The second kappa shape index (κ2) is 6.29. The van der Waals surface area contributed by atoms with Crippen molar-refractivity contribution in [1.29, 1.82) is 0 Å². The van der Waals surface area contributed by atoms with Crippen LogP contribution in [0.15, 0.2) is 30.4 Å². The van der Waals surface area contributed by atoms with Crippen LogP contribution in [0.1, 0.15) is 10.4 Å². The first-order chi connectivity index (χ1) is 8.54. The van der Waals surface area contributed by atoms with E-state index in [4.69, 9.17) is 20.3 Å². The standard InChI is InChI=1S/C12H13NO5/c1-17-10-7-8(12(13)16)4-5-9(10)18-6-2-3-11(14)15/h2-5,7H,6H2,1H3,(H2,13,16)(H,14,15). The summed E-state index contributed by atoms with van der Waals surface area (Å²) >= 11 is 0. The fourth-order valence-electron chi connectivity index (χ4n) is 1.23. The quantitative estimate of drug-likeness (QED) is 0.729. The molecule has 6 heteroatoms.